The number of rotatable bonds is 80. The van der Waals surface area contributed by atoms with Crippen molar-refractivity contribution in [3.05, 3.63) is 23.3 Å². The Balaban J connectivity index is 1.87. The van der Waals surface area contributed by atoms with E-state index in [9.17, 15) is 0 Å². The largest absolute Gasteiger partial charge is 0.382 e. The number of ether oxygens (including phenoxy) is 24. The Bertz CT molecular complexity index is 2880. The van der Waals surface area contributed by atoms with Crippen molar-refractivity contribution in [3.8, 4) is 0 Å². The fourth-order valence-corrected chi connectivity index (χ4v) is 17.4. The summed E-state index contributed by atoms with van der Waals surface area (Å²) in [6.07, 6.45) is 0. The molecule has 0 aliphatic carbocycles. The minimum atomic E-state index is 0.392. The van der Waals surface area contributed by atoms with Crippen molar-refractivity contribution in [2.45, 2.75) is 19.6 Å². The summed E-state index contributed by atoms with van der Waals surface area (Å²) < 4.78 is 137. The normalized spacial score (nSPS) is 12.6. The van der Waals surface area contributed by atoms with Crippen LogP contribution in [0, 0.1) is 0 Å². The second-order valence-electron chi connectivity index (χ2n) is 22.8. The number of hydrogen-bond acceptors (Lipinski definition) is 38. The molecule has 2 aliphatic heterocycles. The summed E-state index contributed by atoms with van der Waals surface area (Å²) in [5.41, 5.74) is 2.14. The van der Waals surface area contributed by atoms with E-state index in [1.54, 1.807) is 151 Å². The second kappa shape index (κ2) is 70.9. The SMILES string of the molecule is COCCOCCOCCSC1=C(SCCOCCOCCOC)c2nc1nc1nc(nc3[nH]c(nc4[nH]c(n2)c(SCCOCCOCCOC)c4SCCOCCOCCOC)c(SCCOCCOCCOC)c3SCCOCCOCCOC)C(SCCOCCOCCOC)=C1SCCOCCOCCOC. The van der Waals surface area contributed by atoms with Gasteiger partial charge in [0.15, 0.2) is 23.3 Å². The number of aromatic amines is 2. The van der Waals surface area contributed by atoms with E-state index >= 15 is 0 Å². The van der Waals surface area contributed by atoms with Gasteiger partial charge in [-0.1, -0.05) is 0 Å². The van der Waals surface area contributed by atoms with Gasteiger partial charge in [-0.2, -0.15) is 0 Å². The maximum atomic E-state index is 6.21. The highest BCUT2D eigenvalue weighted by Gasteiger charge is 2.30. The number of nitrogens with zero attached hydrogens (tertiary/aromatic N) is 6. The fraction of sp³-hybridized carbons (Fsp3) is 0.778. The Morgan fingerprint density at radius 1 is 0.170 bits per heavy atom. The van der Waals surface area contributed by atoms with Crippen LogP contribution in [-0.4, -0.2) is 407 Å². The highest BCUT2D eigenvalue weighted by molar-refractivity contribution is 8.14. The average molecular weight is 1740 g/mol. The van der Waals surface area contributed by atoms with E-state index in [1.165, 1.54) is 0 Å². The highest BCUT2D eigenvalue weighted by atomic mass is 32.2. The van der Waals surface area contributed by atoms with Crippen molar-refractivity contribution in [2.24, 2.45) is 0 Å². The molecule has 5 heterocycles. The lowest BCUT2D eigenvalue weighted by atomic mass is 10.4. The summed E-state index contributed by atoms with van der Waals surface area (Å²) in [4.78, 5) is 47.5. The molecule has 0 amide bonds. The van der Waals surface area contributed by atoms with Crippen LogP contribution in [-0.2, 0) is 114 Å². The summed E-state index contributed by atoms with van der Waals surface area (Å²) >= 11 is 12.8. The molecule has 5 rings (SSSR count). The van der Waals surface area contributed by atoms with Crippen LogP contribution < -0.4 is 0 Å². The predicted octanol–water partition coefficient (Wildman–Crippen LogP) is 8.28. The number of fused-ring (bicyclic) bond motifs is 8. The molecule has 642 valence electrons. The van der Waals surface area contributed by atoms with Gasteiger partial charge < -0.3 is 124 Å². The van der Waals surface area contributed by atoms with Gasteiger partial charge in [0.2, 0.25) is 0 Å². The lowest BCUT2D eigenvalue weighted by Gasteiger charge is -2.10. The summed E-state index contributed by atoms with van der Waals surface area (Å²) in [5, 5.41) is 0. The van der Waals surface area contributed by atoms with Crippen LogP contribution in [0.3, 0.4) is 0 Å². The van der Waals surface area contributed by atoms with Gasteiger partial charge in [-0.15, -0.1) is 94.1 Å². The van der Waals surface area contributed by atoms with Crippen molar-refractivity contribution < 1.29 is 114 Å². The van der Waals surface area contributed by atoms with Gasteiger partial charge in [-0.25, -0.2) is 29.9 Å². The Kier molecular flexibility index (Phi) is 63.8. The van der Waals surface area contributed by atoms with Gasteiger partial charge in [0, 0.05) is 103 Å². The number of methoxy groups -OCH3 is 8. The predicted molar refractivity (Wildman–Crippen MR) is 447 cm³/mol. The minimum absolute atomic E-state index is 0.392. The zero-order valence-electron chi connectivity index (χ0n) is 66.7. The van der Waals surface area contributed by atoms with Crippen molar-refractivity contribution in [1.82, 2.24) is 39.9 Å². The third-order valence-electron chi connectivity index (χ3n) is 14.5. The molecule has 0 saturated heterocycles. The fourth-order valence-electron chi connectivity index (χ4n) is 9.12. The van der Waals surface area contributed by atoms with E-state index < -0.39 is 0 Å². The molecule has 0 saturated carbocycles. The summed E-state index contributed by atoms with van der Waals surface area (Å²) in [5.74, 6) is 5.97. The summed E-state index contributed by atoms with van der Waals surface area (Å²) in [6, 6.07) is 0. The second-order valence-corrected chi connectivity index (χ2v) is 31.6. The van der Waals surface area contributed by atoms with Crippen LogP contribution in [0.15, 0.2) is 19.6 Å². The molecule has 3 aromatic rings. The first-order chi connectivity index (χ1) is 55.5. The molecule has 3 aromatic heterocycles. The van der Waals surface area contributed by atoms with Crippen LogP contribution in [0.5, 0.6) is 0 Å². The number of nitrogens with one attached hydrogen (secondary N) is 2. The van der Waals surface area contributed by atoms with E-state index in [2.05, 4.69) is 9.97 Å². The number of H-pyrrole nitrogens is 2. The Morgan fingerprint density at radius 2 is 0.312 bits per heavy atom. The molecule has 0 unspecified atom stereocenters. The molecule has 0 fully saturated rings. The monoisotopic (exact) mass is 1740 g/mol. The Hall–Kier alpha value is -1.84. The van der Waals surface area contributed by atoms with Gasteiger partial charge >= 0.3 is 0 Å². The highest BCUT2D eigenvalue weighted by Crippen LogP contribution is 2.47. The van der Waals surface area contributed by atoms with E-state index in [0.717, 1.165) is 39.2 Å². The standard InChI is InChI=1S/C72H122N8O24S8/c1-81-9-17-89-25-33-97-41-49-105-57-58(106-50-42-98-34-26-90-18-10-82-2)66-73-65(57)77-67-59(107-51-43-99-35-27-91-19-11-83-3)60(108-52-44-100-36-28-92-20-12-84-4)69(74-67)79-71-63(111-55-47-103-39-31-95-23-15-87-7)64(112-56-48-104-40-32-96-24-16-88-8)72(76-71)80-70-62(110-54-46-102-38-30-94-22-14-86-6)61(68(75-70)78-66)109-53-45-101-37-29-93-21-13-85-5/h9-56H2,1-8H3,(H2,73,74,75,76,77,78,79,80). The van der Waals surface area contributed by atoms with Crippen molar-refractivity contribution in [3.63, 3.8) is 0 Å². The van der Waals surface area contributed by atoms with Crippen LogP contribution >= 0.6 is 94.1 Å². The molecular formula is C72H122N8O24S8. The van der Waals surface area contributed by atoms with Gasteiger partial charge in [0.05, 0.1) is 303 Å². The number of hydrogen-bond donors (Lipinski definition) is 2. The van der Waals surface area contributed by atoms with Crippen molar-refractivity contribution in [1.29, 1.82) is 0 Å². The quantitative estimate of drug-likeness (QED) is 0.0396. The van der Waals surface area contributed by atoms with Crippen LogP contribution in [0.25, 0.3) is 42.2 Å². The molecule has 0 radical (unpaired) electrons. The maximum Gasteiger partial charge on any atom is 0.171 e. The van der Waals surface area contributed by atoms with Crippen molar-refractivity contribution >= 4 is 136 Å². The number of thioether (sulfide) groups is 8. The summed E-state index contributed by atoms with van der Waals surface area (Å²) in [6.45, 7) is 17.3. The van der Waals surface area contributed by atoms with E-state index in [1.807, 2.05) is 0 Å². The smallest absolute Gasteiger partial charge is 0.171 e. The molecule has 0 aromatic carbocycles. The first kappa shape index (κ1) is 101. The van der Waals surface area contributed by atoms with E-state index in [4.69, 9.17) is 144 Å². The summed E-state index contributed by atoms with van der Waals surface area (Å²) in [7, 11) is 13.2. The lowest BCUT2D eigenvalue weighted by Crippen LogP contribution is -2.09. The number of aromatic nitrogens is 8. The van der Waals surface area contributed by atoms with Gasteiger partial charge in [-0.3, -0.25) is 0 Å². The molecule has 0 spiro atoms. The van der Waals surface area contributed by atoms with E-state index in [-0.39, 0.29) is 0 Å². The molecular weight excluding hydrogens is 1620 g/mol. The molecule has 40 heteroatoms. The van der Waals surface area contributed by atoms with Crippen molar-refractivity contribution in [2.75, 3.05) is 367 Å². The maximum absolute atomic E-state index is 6.21. The molecule has 32 nitrogen and oxygen atoms in total. The zero-order valence-corrected chi connectivity index (χ0v) is 73.2. The zero-order chi connectivity index (χ0) is 79.5. The average Bonchev–Trinajstić information content (AvgIpc) is 1.61. The lowest BCUT2D eigenvalue weighted by molar-refractivity contribution is 0.0286. The third-order valence-corrected chi connectivity index (χ3v) is 23.4. The van der Waals surface area contributed by atoms with Gasteiger partial charge in [0.1, 0.15) is 22.6 Å². The first-order valence-corrected chi connectivity index (χ1v) is 45.3. The van der Waals surface area contributed by atoms with E-state index in [0.29, 0.717) is 356 Å². The van der Waals surface area contributed by atoms with Crippen LogP contribution in [0.4, 0.5) is 0 Å². The van der Waals surface area contributed by atoms with Gasteiger partial charge in [-0.05, 0) is 0 Å². The molecule has 2 N–H and O–H groups in total. The molecule has 8 bridgehead atoms. The first-order valence-electron chi connectivity index (χ1n) is 37.4. The third kappa shape index (κ3) is 45.0. The van der Waals surface area contributed by atoms with Gasteiger partial charge in [0.25, 0.3) is 0 Å². The Morgan fingerprint density at radius 3 is 0.491 bits per heavy atom. The molecule has 112 heavy (non-hydrogen) atoms. The molecule has 0 atom stereocenters. The Labute approximate surface area is 695 Å². The molecule has 2 aliphatic rings. The minimum Gasteiger partial charge on any atom is -0.382 e. The topological polar surface area (TPSA) is 330 Å². The van der Waals surface area contributed by atoms with Crippen LogP contribution in [0.2, 0.25) is 0 Å². The van der Waals surface area contributed by atoms with Crippen LogP contribution in [0.1, 0.15) is 23.3 Å².